The number of rotatable bonds is 7. The third kappa shape index (κ3) is 4.93. The Labute approximate surface area is 207 Å². The van der Waals surface area contributed by atoms with E-state index in [2.05, 4.69) is 15.3 Å². The van der Waals surface area contributed by atoms with Crippen molar-refractivity contribution in [2.24, 2.45) is 4.99 Å². The highest BCUT2D eigenvalue weighted by atomic mass is 19.4. The van der Waals surface area contributed by atoms with Crippen molar-refractivity contribution < 1.29 is 23.1 Å². The number of anilines is 2. The second kappa shape index (κ2) is 9.33. The maximum Gasteiger partial charge on any atom is 0.433 e. The number of pyridine rings is 1. The van der Waals surface area contributed by atoms with Crippen molar-refractivity contribution in [1.82, 2.24) is 9.55 Å². The standard InChI is InChI=1S/C26H28F3N5O2/c1-5-25(3,4)34-15-20(23(35)36)19-13-31-24(32-18-9-6-16(2)7-10-18)33(22(19)34)14-17-8-11-21(30-12-17)26(27,28)29/h6-13,15,24,32H,5,14H2,1-4H3,(H,35,36). The van der Waals surface area contributed by atoms with Crippen molar-refractivity contribution >= 4 is 23.7 Å². The van der Waals surface area contributed by atoms with E-state index in [1.54, 1.807) is 12.4 Å². The Morgan fingerprint density at radius 2 is 1.83 bits per heavy atom. The molecule has 1 atom stereocenters. The first kappa shape index (κ1) is 25.3. The van der Waals surface area contributed by atoms with Crippen LogP contribution in [0.25, 0.3) is 0 Å². The lowest BCUT2D eigenvalue weighted by Crippen LogP contribution is -2.44. The lowest BCUT2D eigenvalue weighted by atomic mass is 10.0. The van der Waals surface area contributed by atoms with Gasteiger partial charge in [-0.1, -0.05) is 30.7 Å². The van der Waals surface area contributed by atoms with Crippen LogP contribution >= 0.6 is 0 Å². The van der Waals surface area contributed by atoms with Gasteiger partial charge in [-0.05, 0) is 51.0 Å². The maximum absolute atomic E-state index is 13.0. The number of carboxylic acids is 1. The third-order valence-electron chi connectivity index (χ3n) is 6.49. The quantitative estimate of drug-likeness (QED) is 0.424. The van der Waals surface area contributed by atoms with E-state index in [-0.39, 0.29) is 12.1 Å². The van der Waals surface area contributed by atoms with Crippen LogP contribution in [0.15, 0.2) is 53.8 Å². The highest BCUT2D eigenvalue weighted by molar-refractivity contribution is 6.03. The summed E-state index contributed by atoms with van der Waals surface area (Å²) in [5, 5.41) is 13.2. The van der Waals surface area contributed by atoms with Gasteiger partial charge in [0.2, 0.25) is 0 Å². The molecule has 1 unspecified atom stereocenters. The highest BCUT2D eigenvalue weighted by Gasteiger charge is 2.36. The Morgan fingerprint density at radius 3 is 2.39 bits per heavy atom. The zero-order valence-electron chi connectivity index (χ0n) is 20.5. The number of carboxylic acid groups (broad SMARTS) is 1. The van der Waals surface area contributed by atoms with E-state index >= 15 is 0 Å². The molecular weight excluding hydrogens is 471 g/mol. The Balaban J connectivity index is 1.81. The molecule has 1 aromatic carbocycles. The molecule has 0 spiro atoms. The molecule has 10 heteroatoms. The van der Waals surface area contributed by atoms with Crippen molar-refractivity contribution in [1.29, 1.82) is 0 Å². The van der Waals surface area contributed by atoms with E-state index in [0.29, 0.717) is 16.9 Å². The molecule has 0 aliphatic carbocycles. The fraction of sp³-hybridized carbons (Fsp3) is 0.346. The van der Waals surface area contributed by atoms with Gasteiger partial charge in [0.15, 0.2) is 6.29 Å². The van der Waals surface area contributed by atoms with Crippen LogP contribution in [0.1, 0.15) is 59.9 Å². The van der Waals surface area contributed by atoms with Gasteiger partial charge in [0.1, 0.15) is 11.5 Å². The summed E-state index contributed by atoms with van der Waals surface area (Å²) in [5.74, 6) is -0.455. The number of benzene rings is 1. The van der Waals surface area contributed by atoms with Crippen LogP contribution in [0.5, 0.6) is 0 Å². The summed E-state index contributed by atoms with van der Waals surface area (Å²) < 4.78 is 41.1. The Kier molecular flexibility index (Phi) is 6.55. The number of hydrogen-bond acceptors (Lipinski definition) is 5. The van der Waals surface area contributed by atoms with E-state index in [9.17, 15) is 23.1 Å². The Morgan fingerprint density at radius 1 is 1.14 bits per heavy atom. The Bertz CT molecular complexity index is 1280. The summed E-state index contributed by atoms with van der Waals surface area (Å²) >= 11 is 0. The van der Waals surface area contributed by atoms with Gasteiger partial charge >= 0.3 is 12.1 Å². The van der Waals surface area contributed by atoms with Gasteiger partial charge in [-0.2, -0.15) is 13.2 Å². The highest BCUT2D eigenvalue weighted by Crippen LogP contribution is 2.38. The predicted molar refractivity (Wildman–Crippen MR) is 133 cm³/mol. The average Bonchev–Trinajstić information content (AvgIpc) is 3.23. The van der Waals surface area contributed by atoms with Crippen LogP contribution in [-0.4, -0.2) is 33.1 Å². The first-order valence-electron chi connectivity index (χ1n) is 11.5. The van der Waals surface area contributed by atoms with Crippen LogP contribution in [0.3, 0.4) is 0 Å². The van der Waals surface area contributed by atoms with Crippen LogP contribution < -0.4 is 10.2 Å². The number of aliphatic imine (C=N–C) groups is 1. The third-order valence-corrected chi connectivity index (χ3v) is 6.49. The van der Waals surface area contributed by atoms with Gasteiger partial charge < -0.3 is 19.9 Å². The predicted octanol–water partition coefficient (Wildman–Crippen LogP) is 5.89. The fourth-order valence-electron chi connectivity index (χ4n) is 4.03. The van der Waals surface area contributed by atoms with E-state index in [1.165, 1.54) is 12.3 Å². The largest absolute Gasteiger partial charge is 0.478 e. The van der Waals surface area contributed by atoms with Crippen LogP contribution in [0.4, 0.5) is 24.7 Å². The molecule has 0 amide bonds. The lowest BCUT2D eigenvalue weighted by Gasteiger charge is -2.39. The van der Waals surface area contributed by atoms with E-state index < -0.39 is 29.7 Å². The normalized spacial score (nSPS) is 15.6. The molecule has 0 saturated carbocycles. The van der Waals surface area contributed by atoms with E-state index in [1.807, 2.05) is 61.4 Å². The summed E-state index contributed by atoms with van der Waals surface area (Å²) in [6.07, 6.45) is -0.0999. The van der Waals surface area contributed by atoms with Crippen molar-refractivity contribution in [2.75, 3.05) is 10.2 Å². The number of alkyl halides is 3. The van der Waals surface area contributed by atoms with Crippen LogP contribution in [-0.2, 0) is 18.3 Å². The number of aromatic nitrogens is 2. The van der Waals surface area contributed by atoms with Crippen LogP contribution in [0, 0.1) is 6.92 Å². The van der Waals surface area contributed by atoms with Gasteiger partial charge in [-0.15, -0.1) is 0 Å². The number of halogens is 3. The smallest absolute Gasteiger partial charge is 0.433 e. The topological polar surface area (TPSA) is 82.8 Å². The molecule has 1 aliphatic heterocycles. The zero-order valence-corrected chi connectivity index (χ0v) is 20.5. The summed E-state index contributed by atoms with van der Waals surface area (Å²) in [7, 11) is 0. The van der Waals surface area contributed by atoms with Crippen molar-refractivity contribution in [3.63, 3.8) is 0 Å². The number of aromatic carboxylic acids is 1. The molecule has 3 aromatic rings. The Hall–Kier alpha value is -3.82. The minimum Gasteiger partial charge on any atom is -0.478 e. The number of nitrogens with zero attached hydrogens (tertiary/aromatic N) is 4. The second-order valence-electron chi connectivity index (χ2n) is 9.46. The molecule has 2 aromatic heterocycles. The summed E-state index contributed by atoms with van der Waals surface area (Å²) in [5.41, 5.74) is 1.57. The summed E-state index contributed by atoms with van der Waals surface area (Å²) in [6.45, 7) is 8.15. The maximum atomic E-state index is 13.0. The number of fused-ring (bicyclic) bond motifs is 1. The molecule has 0 radical (unpaired) electrons. The van der Waals surface area contributed by atoms with Crippen molar-refractivity contribution in [3.8, 4) is 0 Å². The zero-order chi connectivity index (χ0) is 26.3. The molecule has 7 nitrogen and oxygen atoms in total. The molecule has 0 bridgehead atoms. The molecule has 190 valence electrons. The first-order chi connectivity index (χ1) is 16.9. The minimum absolute atomic E-state index is 0.111. The van der Waals surface area contributed by atoms with Gasteiger partial charge in [0.25, 0.3) is 0 Å². The second-order valence-corrected chi connectivity index (χ2v) is 9.46. The number of hydrogen-bond donors (Lipinski definition) is 2. The van der Waals surface area contributed by atoms with Gasteiger partial charge in [0, 0.05) is 41.9 Å². The monoisotopic (exact) mass is 499 g/mol. The lowest BCUT2D eigenvalue weighted by molar-refractivity contribution is -0.141. The fourth-order valence-corrected chi connectivity index (χ4v) is 4.03. The first-order valence-corrected chi connectivity index (χ1v) is 11.5. The summed E-state index contributed by atoms with van der Waals surface area (Å²) in [6, 6.07) is 10.1. The van der Waals surface area contributed by atoms with Crippen molar-refractivity contribution in [3.05, 3.63) is 76.7 Å². The van der Waals surface area contributed by atoms with Gasteiger partial charge in [-0.25, -0.2) is 9.79 Å². The molecule has 36 heavy (non-hydrogen) atoms. The SMILES string of the molecule is CCC(C)(C)n1cc(C(=O)O)c2c1N(Cc1ccc(C(F)(F)F)nc1)C(Nc1ccc(C)cc1)N=C2. The molecule has 0 fully saturated rings. The number of carbonyl (C=O) groups is 1. The molecule has 2 N–H and O–H groups in total. The number of nitrogens with one attached hydrogen (secondary N) is 1. The molecular formula is C26H28F3N5O2. The molecule has 1 aliphatic rings. The minimum atomic E-state index is -4.53. The summed E-state index contributed by atoms with van der Waals surface area (Å²) in [4.78, 5) is 22.1. The molecule has 4 rings (SSSR count). The molecule has 3 heterocycles. The van der Waals surface area contributed by atoms with Crippen molar-refractivity contribution in [2.45, 2.75) is 58.7 Å². The van der Waals surface area contributed by atoms with E-state index in [4.69, 9.17) is 0 Å². The molecule has 0 saturated heterocycles. The van der Waals surface area contributed by atoms with Crippen LogP contribution in [0.2, 0.25) is 0 Å². The van der Waals surface area contributed by atoms with Gasteiger partial charge in [-0.3, -0.25) is 4.98 Å². The van der Waals surface area contributed by atoms with Gasteiger partial charge in [0.05, 0.1) is 5.56 Å². The van der Waals surface area contributed by atoms with E-state index in [0.717, 1.165) is 23.7 Å². The number of aryl methyl sites for hydroxylation is 1. The average molecular weight is 500 g/mol.